The maximum atomic E-state index is 11.8. The molecule has 0 unspecified atom stereocenters. The molecule has 0 fully saturated rings. The van der Waals surface area contributed by atoms with E-state index in [1.54, 1.807) is 18.1 Å². The summed E-state index contributed by atoms with van der Waals surface area (Å²) in [5.74, 6) is 0.837. The van der Waals surface area contributed by atoms with E-state index in [1.807, 2.05) is 24.7 Å². The fourth-order valence-corrected chi connectivity index (χ4v) is 1.56. The van der Waals surface area contributed by atoms with Crippen LogP contribution in [0.3, 0.4) is 0 Å². The lowest BCUT2D eigenvalue weighted by Crippen LogP contribution is -2.41. The van der Waals surface area contributed by atoms with Crippen molar-refractivity contribution in [2.45, 2.75) is 32.4 Å². The minimum Gasteiger partial charge on any atom is -0.337 e. The summed E-state index contributed by atoms with van der Waals surface area (Å²) in [7, 11) is 3.67. The van der Waals surface area contributed by atoms with Gasteiger partial charge >= 0.3 is 0 Å². The van der Waals surface area contributed by atoms with Crippen LogP contribution in [0.5, 0.6) is 0 Å². The Morgan fingerprint density at radius 3 is 2.88 bits per heavy atom. The van der Waals surface area contributed by atoms with Gasteiger partial charge in [0.25, 0.3) is 0 Å². The van der Waals surface area contributed by atoms with E-state index in [4.69, 9.17) is 5.73 Å². The van der Waals surface area contributed by atoms with Crippen LogP contribution in [-0.2, 0) is 18.4 Å². The van der Waals surface area contributed by atoms with Gasteiger partial charge in [-0.05, 0) is 6.42 Å². The molecule has 5 heteroatoms. The normalized spacial score (nSPS) is 12.5. The summed E-state index contributed by atoms with van der Waals surface area (Å²) in [6.07, 6.45) is 5.23. The van der Waals surface area contributed by atoms with Gasteiger partial charge in [0.2, 0.25) is 5.91 Å². The number of aryl methyl sites for hydroxylation is 1. The third-order valence-electron chi connectivity index (χ3n) is 2.59. The van der Waals surface area contributed by atoms with Gasteiger partial charge in [0.05, 0.1) is 12.6 Å². The molecule has 1 amide bonds. The largest absolute Gasteiger partial charge is 0.337 e. The smallest absolute Gasteiger partial charge is 0.239 e. The molecule has 16 heavy (non-hydrogen) atoms. The zero-order valence-electron chi connectivity index (χ0n) is 10.2. The van der Waals surface area contributed by atoms with Gasteiger partial charge in [-0.15, -0.1) is 0 Å². The van der Waals surface area contributed by atoms with E-state index >= 15 is 0 Å². The summed E-state index contributed by atoms with van der Waals surface area (Å²) in [5, 5.41) is 0. The average molecular weight is 224 g/mol. The molecule has 0 aromatic carbocycles. The van der Waals surface area contributed by atoms with Crippen molar-refractivity contribution < 1.29 is 4.79 Å². The van der Waals surface area contributed by atoms with Crippen LogP contribution in [0.2, 0.25) is 0 Å². The van der Waals surface area contributed by atoms with Crippen LogP contribution in [0.25, 0.3) is 0 Å². The van der Waals surface area contributed by atoms with Gasteiger partial charge in [-0.3, -0.25) is 4.79 Å². The summed E-state index contributed by atoms with van der Waals surface area (Å²) >= 11 is 0. The van der Waals surface area contributed by atoms with E-state index in [9.17, 15) is 4.79 Å². The molecule has 2 N–H and O–H groups in total. The second-order valence-electron chi connectivity index (χ2n) is 4.04. The second kappa shape index (κ2) is 5.65. The highest BCUT2D eigenvalue weighted by Gasteiger charge is 2.18. The van der Waals surface area contributed by atoms with Crippen molar-refractivity contribution in [1.82, 2.24) is 14.5 Å². The number of amides is 1. The monoisotopic (exact) mass is 224 g/mol. The van der Waals surface area contributed by atoms with Gasteiger partial charge < -0.3 is 15.2 Å². The lowest BCUT2D eigenvalue weighted by atomic mass is 10.1. The number of hydrogen-bond donors (Lipinski definition) is 1. The standard InChI is InChI=1S/C11H20N4O/c1-4-5-9(12)11(16)15(3)8-10-13-6-7-14(10)2/h6-7,9H,4-5,8,12H2,1-3H3/t9-/m1/s1. The maximum Gasteiger partial charge on any atom is 0.239 e. The van der Waals surface area contributed by atoms with Gasteiger partial charge in [-0.1, -0.05) is 13.3 Å². The first-order valence-corrected chi connectivity index (χ1v) is 5.53. The van der Waals surface area contributed by atoms with E-state index in [0.29, 0.717) is 6.54 Å². The third kappa shape index (κ3) is 3.06. The average Bonchev–Trinajstić information content (AvgIpc) is 2.63. The summed E-state index contributed by atoms with van der Waals surface area (Å²) in [6, 6.07) is -0.393. The molecule has 1 atom stereocenters. The third-order valence-corrected chi connectivity index (χ3v) is 2.59. The van der Waals surface area contributed by atoms with Gasteiger partial charge in [0, 0.05) is 26.5 Å². The number of rotatable bonds is 5. The fraction of sp³-hybridized carbons (Fsp3) is 0.636. The summed E-state index contributed by atoms with van der Waals surface area (Å²) in [4.78, 5) is 17.6. The van der Waals surface area contributed by atoms with Crippen LogP contribution in [-0.4, -0.2) is 33.4 Å². The topological polar surface area (TPSA) is 64.2 Å². The van der Waals surface area contributed by atoms with Gasteiger partial charge in [-0.2, -0.15) is 0 Å². The number of aromatic nitrogens is 2. The predicted molar refractivity (Wildman–Crippen MR) is 62.6 cm³/mol. The molecule has 1 heterocycles. The van der Waals surface area contributed by atoms with Crippen LogP contribution in [0, 0.1) is 0 Å². The predicted octanol–water partition coefficient (Wildman–Crippen LogP) is 0.506. The molecule has 0 bridgehead atoms. The molecular formula is C11H20N4O. The minimum absolute atomic E-state index is 0.0233. The number of likely N-dealkylation sites (N-methyl/N-ethyl adjacent to an activating group) is 1. The molecule has 0 saturated carbocycles. The Morgan fingerprint density at radius 1 is 1.69 bits per heavy atom. The highest BCUT2D eigenvalue weighted by atomic mass is 16.2. The Hall–Kier alpha value is -1.36. The fourth-order valence-electron chi connectivity index (χ4n) is 1.56. The molecular weight excluding hydrogens is 204 g/mol. The summed E-state index contributed by atoms with van der Waals surface area (Å²) < 4.78 is 1.90. The van der Waals surface area contributed by atoms with Crippen molar-refractivity contribution in [1.29, 1.82) is 0 Å². The van der Waals surface area contributed by atoms with Crippen LogP contribution in [0.15, 0.2) is 12.4 Å². The Kier molecular flexibility index (Phi) is 4.49. The van der Waals surface area contributed by atoms with E-state index < -0.39 is 6.04 Å². The van der Waals surface area contributed by atoms with Gasteiger partial charge in [0.15, 0.2) is 0 Å². The molecule has 0 saturated heterocycles. The van der Waals surface area contributed by atoms with Crippen LogP contribution < -0.4 is 5.73 Å². The molecule has 0 aliphatic carbocycles. The van der Waals surface area contributed by atoms with E-state index in [0.717, 1.165) is 18.7 Å². The molecule has 0 radical (unpaired) electrons. The quantitative estimate of drug-likeness (QED) is 0.792. The molecule has 1 aromatic heterocycles. The highest BCUT2D eigenvalue weighted by molar-refractivity contribution is 5.81. The first-order valence-electron chi connectivity index (χ1n) is 5.53. The van der Waals surface area contributed by atoms with Crippen molar-refractivity contribution in [3.05, 3.63) is 18.2 Å². The Morgan fingerprint density at radius 2 is 2.38 bits per heavy atom. The Balaban J connectivity index is 2.55. The molecule has 5 nitrogen and oxygen atoms in total. The number of nitrogens with zero attached hydrogens (tertiary/aromatic N) is 3. The lowest BCUT2D eigenvalue weighted by Gasteiger charge is -2.20. The maximum absolute atomic E-state index is 11.8. The number of hydrogen-bond acceptors (Lipinski definition) is 3. The van der Waals surface area contributed by atoms with Crippen molar-refractivity contribution in [2.24, 2.45) is 12.8 Å². The van der Waals surface area contributed by atoms with E-state index in [2.05, 4.69) is 4.98 Å². The molecule has 1 aromatic rings. The molecule has 0 aliphatic heterocycles. The molecule has 0 spiro atoms. The lowest BCUT2D eigenvalue weighted by molar-refractivity contribution is -0.132. The summed E-state index contributed by atoms with van der Waals surface area (Å²) in [6.45, 7) is 2.52. The Bertz CT molecular complexity index is 348. The summed E-state index contributed by atoms with van der Waals surface area (Å²) in [5.41, 5.74) is 5.78. The minimum atomic E-state index is -0.393. The number of carbonyl (C=O) groups is 1. The Labute approximate surface area is 96.3 Å². The number of imidazole rings is 1. The zero-order chi connectivity index (χ0) is 12.1. The van der Waals surface area contributed by atoms with Crippen LogP contribution in [0.1, 0.15) is 25.6 Å². The van der Waals surface area contributed by atoms with Crippen molar-refractivity contribution in [3.8, 4) is 0 Å². The molecule has 0 aliphatic rings. The number of carbonyl (C=O) groups excluding carboxylic acids is 1. The first kappa shape index (κ1) is 12.7. The van der Waals surface area contributed by atoms with E-state index in [-0.39, 0.29) is 5.91 Å². The van der Waals surface area contributed by atoms with Crippen molar-refractivity contribution in [2.75, 3.05) is 7.05 Å². The first-order chi connectivity index (χ1) is 7.56. The van der Waals surface area contributed by atoms with Crippen LogP contribution in [0.4, 0.5) is 0 Å². The zero-order valence-corrected chi connectivity index (χ0v) is 10.2. The molecule has 1 rings (SSSR count). The second-order valence-corrected chi connectivity index (χ2v) is 4.04. The van der Waals surface area contributed by atoms with E-state index in [1.165, 1.54) is 0 Å². The highest BCUT2D eigenvalue weighted by Crippen LogP contribution is 2.03. The number of nitrogens with two attached hydrogens (primary N) is 1. The molecule has 90 valence electrons. The van der Waals surface area contributed by atoms with Crippen molar-refractivity contribution >= 4 is 5.91 Å². The van der Waals surface area contributed by atoms with Crippen molar-refractivity contribution in [3.63, 3.8) is 0 Å². The SMILES string of the molecule is CCC[C@@H](N)C(=O)N(C)Cc1nccn1C. The van der Waals surface area contributed by atoms with Gasteiger partial charge in [-0.25, -0.2) is 4.98 Å². The van der Waals surface area contributed by atoms with Gasteiger partial charge in [0.1, 0.15) is 5.82 Å². The van der Waals surface area contributed by atoms with Crippen LogP contribution >= 0.6 is 0 Å².